The van der Waals surface area contributed by atoms with E-state index in [9.17, 15) is 13.2 Å². The Morgan fingerprint density at radius 3 is 2.47 bits per heavy atom. The standard InChI is InChI=1S/C12H20F3NO/c1-2-16-9-7-10(17-8-12(13,14)15)11(9)5-3-4-6-11/h9-10,16H,2-8H2,1H3. The summed E-state index contributed by atoms with van der Waals surface area (Å²) in [5.41, 5.74) is -0.0126. The lowest BCUT2D eigenvalue weighted by atomic mass is 9.60. The second-order valence-electron chi connectivity index (χ2n) is 5.20. The SMILES string of the molecule is CCNC1CC(OCC(F)(F)F)C12CCCC2. The van der Waals surface area contributed by atoms with Gasteiger partial charge in [-0.15, -0.1) is 0 Å². The van der Waals surface area contributed by atoms with Gasteiger partial charge in [0.25, 0.3) is 0 Å². The summed E-state index contributed by atoms with van der Waals surface area (Å²) in [5.74, 6) is 0. The van der Waals surface area contributed by atoms with E-state index in [0.717, 1.165) is 38.6 Å². The van der Waals surface area contributed by atoms with E-state index < -0.39 is 12.8 Å². The molecular formula is C12H20F3NO. The third kappa shape index (κ3) is 2.60. The molecule has 100 valence electrons. The summed E-state index contributed by atoms with van der Waals surface area (Å²) < 4.78 is 41.6. The minimum absolute atomic E-state index is 0.0126. The summed E-state index contributed by atoms with van der Waals surface area (Å²) >= 11 is 0. The first-order valence-electron chi connectivity index (χ1n) is 6.40. The van der Waals surface area contributed by atoms with Gasteiger partial charge in [0.05, 0.1) is 6.10 Å². The van der Waals surface area contributed by atoms with Crippen LogP contribution in [0.4, 0.5) is 13.2 Å². The third-order valence-corrected chi connectivity index (χ3v) is 4.22. The molecule has 0 aromatic heterocycles. The average Bonchev–Trinajstić information content (AvgIpc) is 2.72. The summed E-state index contributed by atoms with van der Waals surface area (Å²) in [6, 6.07) is 0.355. The van der Waals surface area contributed by atoms with Crippen molar-refractivity contribution in [3.05, 3.63) is 0 Å². The average molecular weight is 251 g/mol. The van der Waals surface area contributed by atoms with Crippen molar-refractivity contribution in [1.29, 1.82) is 0 Å². The molecule has 2 nitrogen and oxygen atoms in total. The zero-order valence-corrected chi connectivity index (χ0v) is 10.1. The molecule has 0 bridgehead atoms. The van der Waals surface area contributed by atoms with Crippen LogP contribution in [0.15, 0.2) is 0 Å². The molecule has 1 spiro atoms. The summed E-state index contributed by atoms with van der Waals surface area (Å²) in [6.45, 7) is 1.81. The molecule has 2 unspecified atom stereocenters. The van der Waals surface area contributed by atoms with Gasteiger partial charge in [-0.1, -0.05) is 19.8 Å². The highest BCUT2D eigenvalue weighted by molar-refractivity contribution is 5.09. The summed E-state index contributed by atoms with van der Waals surface area (Å²) in [7, 11) is 0. The highest BCUT2D eigenvalue weighted by atomic mass is 19.4. The first kappa shape index (κ1) is 13.1. The number of hydrogen-bond donors (Lipinski definition) is 1. The highest BCUT2D eigenvalue weighted by Gasteiger charge is 2.56. The Morgan fingerprint density at radius 2 is 1.94 bits per heavy atom. The maximum absolute atomic E-state index is 12.2. The number of rotatable bonds is 4. The zero-order chi connectivity index (χ0) is 12.5. The molecule has 5 heteroatoms. The van der Waals surface area contributed by atoms with E-state index in [1.807, 2.05) is 6.92 Å². The predicted molar refractivity (Wildman–Crippen MR) is 58.8 cm³/mol. The molecule has 1 N–H and O–H groups in total. The number of hydrogen-bond acceptors (Lipinski definition) is 2. The van der Waals surface area contributed by atoms with Gasteiger partial charge >= 0.3 is 6.18 Å². The van der Waals surface area contributed by atoms with E-state index in [0.29, 0.717) is 6.04 Å². The lowest BCUT2D eigenvalue weighted by Crippen LogP contribution is -2.63. The monoisotopic (exact) mass is 251 g/mol. The van der Waals surface area contributed by atoms with Crippen LogP contribution >= 0.6 is 0 Å². The van der Waals surface area contributed by atoms with Crippen molar-refractivity contribution < 1.29 is 17.9 Å². The number of halogens is 3. The van der Waals surface area contributed by atoms with Gasteiger partial charge in [0.1, 0.15) is 6.61 Å². The van der Waals surface area contributed by atoms with Crippen LogP contribution in [-0.4, -0.2) is 31.5 Å². The number of alkyl halides is 3. The van der Waals surface area contributed by atoms with Gasteiger partial charge in [-0.2, -0.15) is 13.2 Å². The second kappa shape index (κ2) is 4.76. The minimum Gasteiger partial charge on any atom is -0.368 e. The van der Waals surface area contributed by atoms with E-state index in [2.05, 4.69) is 5.32 Å². The fraction of sp³-hybridized carbons (Fsp3) is 1.00. The van der Waals surface area contributed by atoms with E-state index in [1.54, 1.807) is 0 Å². The maximum Gasteiger partial charge on any atom is 0.411 e. The lowest BCUT2D eigenvalue weighted by molar-refractivity contribution is -0.222. The molecule has 0 amide bonds. The largest absolute Gasteiger partial charge is 0.411 e. The maximum atomic E-state index is 12.2. The predicted octanol–water partition coefficient (Wildman–Crippen LogP) is 2.88. The van der Waals surface area contributed by atoms with E-state index >= 15 is 0 Å². The minimum atomic E-state index is -4.21. The Morgan fingerprint density at radius 1 is 1.29 bits per heavy atom. The quantitative estimate of drug-likeness (QED) is 0.829. The van der Waals surface area contributed by atoms with Crippen molar-refractivity contribution in [2.24, 2.45) is 5.41 Å². The van der Waals surface area contributed by atoms with Crippen LogP contribution in [0.2, 0.25) is 0 Å². The van der Waals surface area contributed by atoms with Crippen LogP contribution in [0, 0.1) is 5.41 Å². The normalized spacial score (nSPS) is 31.8. The fourth-order valence-corrected chi connectivity index (χ4v) is 3.41. The Kier molecular flexibility index (Phi) is 3.69. The van der Waals surface area contributed by atoms with E-state index in [-0.39, 0.29) is 11.5 Å². The molecule has 0 radical (unpaired) electrons. The third-order valence-electron chi connectivity index (χ3n) is 4.22. The first-order chi connectivity index (χ1) is 7.98. The summed E-state index contributed by atoms with van der Waals surface area (Å²) in [5, 5.41) is 3.38. The molecule has 2 fully saturated rings. The highest BCUT2D eigenvalue weighted by Crippen LogP contribution is 2.54. The molecule has 2 aliphatic carbocycles. The van der Waals surface area contributed by atoms with Crippen molar-refractivity contribution in [2.45, 2.75) is 57.3 Å². The van der Waals surface area contributed by atoms with Crippen LogP contribution in [0.25, 0.3) is 0 Å². The molecule has 2 saturated carbocycles. The van der Waals surface area contributed by atoms with Crippen LogP contribution in [-0.2, 0) is 4.74 Å². The molecule has 17 heavy (non-hydrogen) atoms. The molecule has 2 rings (SSSR count). The van der Waals surface area contributed by atoms with Crippen molar-refractivity contribution in [2.75, 3.05) is 13.2 Å². The topological polar surface area (TPSA) is 21.3 Å². The van der Waals surface area contributed by atoms with Crippen molar-refractivity contribution >= 4 is 0 Å². The van der Waals surface area contributed by atoms with Gasteiger partial charge in [0.15, 0.2) is 0 Å². The van der Waals surface area contributed by atoms with Gasteiger partial charge < -0.3 is 10.1 Å². The molecule has 2 atom stereocenters. The molecule has 0 aromatic rings. The van der Waals surface area contributed by atoms with E-state index in [1.165, 1.54) is 0 Å². The van der Waals surface area contributed by atoms with Crippen molar-refractivity contribution in [3.8, 4) is 0 Å². The second-order valence-corrected chi connectivity index (χ2v) is 5.20. The summed E-state index contributed by atoms with van der Waals surface area (Å²) in [6.07, 6.45) is 0.574. The van der Waals surface area contributed by atoms with Gasteiger partial charge in [-0.25, -0.2) is 0 Å². The van der Waals surface area contributed by atoms with Crippen molar-refractivity contribution in [3.63, 3.8) is 0 Å². The zero-order valence-electron chi connectivity index (χ0n) is 10.1. The molecule has 0 aliphatic heterocycles. The van der Waals surface area contributed by atoms with Gasteiger partial charge in [0.2, 0.25) is 0 Å². The number of ether oxygens (including phenoxy) is 1. The van der Waals surface area contributed by atoms with Crippen LogP contribution in [0.5, 0.6) is 0 Å². The Hall–Kier alpha value is -0.290. The Bertz CT molecular complexity index is 261. The molecule has 2 aliphatic rings. The first-order valence-corrected chi connectivity index (χ1v) is 6.40. The van der Waals surface area contributed by atoms with Crippen LogP contribution in [0.1, 0.15) is 39.0 Å². The Labute approximate surface area is 99.9 Å². The van der Waals surface area contributed by atoms with Crippen LogP contribution in [0.3, 0.4) is 0 Å². The van der Waals surface area contributed by atoms with Crippen LogP contribution < -0.4 is 5.32 Å². The van der Waals surface area contributed by atoms with E-state index in [4.69, 9.17) is 4.74 Å². The fourth-order valence-electron chi connectivity index (χ4n) is 3.41. The lowest BCUT2D eigenvalue weighted by Gasteiger charge is -2.54. The van der Waals surface area contributed by atoms with Gasteiger partial charge in [-0.05, 0) is 25.8 Å². The van der Waals surface area contributed by atoms with Gasteiger partial charge in [0, 0.05) is 11.5 Å². The molecule has 0 saturated heterocycles. The number of nitrogens with one attached hydrogen (secondary N) is 1. The van der Waals surface area contributed by atoms with Crippen molar-refractivity contribution in [1.82, 2.24) is 5.32 Å². The van der Waals surface area contributed by atoms with Gasteiger partial charge in [-0.3, -0.25) is 0 Å². The molecule has 0 heterocycles. The summed E-state index contributed by atoms with van der Waals surface area (Å²) in [4.78, 5) is 0. The smallest absolute Gasteiger partial charge is 0.368 e. The Balaban J connectivity index is 1.91. The molecular weight excluding hydrogens is 231 g/mol. The molecule has 0 aromatic carbocycles.